The van der Waals surface area contributed by atoms with Crippen LogP contribution in [0.3, 0.4) is 0 Å². The number of ether oxygens (including phenoxy) is 1. The van der Waals surface area contributed by atoms with Gasteiger partial charge < -0.3 is 4.74 Å². The van der Waals surface area contributed by atoms with Gasteiger partial charge in [-0.05, 0) is 18.2 Å². The molecule has 0 radical (unpaired) electrons. The van der Waals surface area contributed by atoms with Crippen LogP contribution in [0.15, 0.2) is 30.5 Å². The molecule has 2 rings (SSSR count). The minimum Gasteiger partial charge on any atom is -0.497 e. The van der Waals surface area contributed by atoms with Gasteiger partial charge in [0, 0.05) is 17.8 Å². The Labute approximate surface area is 80.5 Å². The molecule has 0 aliphatic heterocycles. The lowest BCUT2D eigenvalue weighted by Gasteiger charge is -2.03. The zero-order valence-corrected chi connectivity index (χ0v) is 7.62. The number of aromatic nitrogens is 2. The molecule has 2 aromatic rings. The van der Waals surface area contributed by atoms with Crippen molar-refractivity contribution in [1.82, 2.24) is 10.2 Å². The molecule has 72 valence electrons. The van der Waals surface area contributed by atoms with E-state index in [1.54, 1.807) is 24.4 Å². The summed E-state index contributed by atoms with van der Waals surface area (Å²) in [6.45, 7) is 0. The molecule has 0 saturated heterocycles. The normalized spacial score (nSPS) is 10.1. The monoisotopic (exact) mass is 192 g/mol. The summed E-state index contributed by atoms with van der Waals surface area (Å²) in [4.78, 5) is 0. The number of benzene rings is 1. The SMILES string of the molecule is COc1ccc(-c2ccn[nH]2)c(F)c1. The van der Waals surface area contributed by atoms with Gasteiger partial charge in [0.25, 0.3) is 0 Å². The lowest BCUT2D eigenvalue weighted by Crippen LogP contribution is -1.88. The Morgan fingerprint density at radius 3 is 2.79 bits per heavy atom. The highest BCUT2D eigenvalue weighted by Crippen LogP contribution is 2.23. The Balaban J connectivity index is 2.46. The third-order valence-corrected chi connectivity index (χ3v) is 1.97. The summed E-state index contributed by atoms with van der Waals surface area (Å²) in [5.41, 5.74) is 1.15. The molecule has 1 aromatic heterocycles. The molecule has 0 atom stereocenters. The molecule has 0 unspecified atom stereocenters. The summed E-state index contributed by atoms with van der Waals surface area (Å²) in [6, 6.07) is 6.42. The van der Waals surface area contributed by atoms with Gasteiger partial charge in [-0.2, -0.15) is 5.10 Å². The Bertz CT molecular complexity index is 426. The lowest BCUT2D eigenvalue weighted by molar-refractivity contribution is 0.411. The van der Waals surface area contributed by atoms with E-state index in [0.29, 0.717) is 17.0 Å². The van der Waals surface area contributed by atoms with E-state index in [2.05, 4.69) is 10.2 Å². The van der Waals surface area contributed by atoms with Crippen LogP contribution in [0.2, 0.25) is 0 Å². The fourth-order valence-corrected chi connectivity index (χ4v) is 1.25. The van der Waals surface area contributed by atoms with Crippen molar-refractivity contribution >= 4 is 0 Å². The Kier molecular flexibility index (Phi) is 2.18. The predicted octanol–water partition coefficient (Wildman–Crippen LogP) is 2.22. The van der Waals surface area contributed by atoms with Gasteiger partial charge in [0.2, 0.25) is 0 Å². The molecule has 0 amide bonds. The summed E-state index contributed by atoms with van der Waals surface area (Å²) < 4.78 is 18.4. The standard InChI is InChI=1S/C10H9FN2O/c1-14-7-2-3-8(9(11)6-7)10-4-5-12-13-10/h2-6H,1H3,(H,12,13). The van der Waals surface area contributed by atoms with Crippen LogP contribution < -0.4 is 4.74 Å². The molecule has 1 aromatic carbocycles. The molecule has 14 heavy (non-hydrogen) atoms. The maximum atomic E-state index is 13.5. The van der Waals surface area contributed by atoms with Crippen molar-refractivity contribution in [3.63, 3.8) is 0 Å². The Morgan fingerprint density at radius 2 is 2.21 bits per heavy atom. The number of H-pyrrole nitrogens is 1. The van der Waals surface area contributed by atoms with Gasteiger partial charge in [-0.1, -0.05) is 0 Å². The zero-order valence-electron chi connectivity index (χ0n) is 7.62. The molecular weight excluding hydrogens is 183 g/mol. The minimum atomic E-state index is -0.325. The van der Waals surface area contributed by atoms with Crippen molar-refractivity contribution in [3.8, 4) is 17.0 Å². The fourth-order valence-electron chi connectivity index (χ4n) is 1.25. The van der Waals surface area contributed by atoms with Crippen LogP contribution in [0.4, 0.5) is 4.39 Å². The first-order valence-corrected chi connectivity index (χ1v) is 4.14. The number of methoxy groups -OCH3 is 1. The summed E-state index contributed by atoms with van der Waals surface area (Å²) in [7, 11) is 1.50. The largest absolute Gasteiger partial charge is 0.497 e. The molecule has 3 nitrogen and oxygen atoms in total. The number of nitrogens with zero attached hydrogens (tertiary/aromatic N) is 1. The third kappa shape index (κ3) is 1.46. The highest BCUT2D eigenvalue weighted by atomic mass is 19.1. The second-order valence-corrected chi connectivity index (χ2v) is 2.82. The second kappa shape index (κ2) is 3.49. The molecule has 0 saturated carbocycles. The van der Waals surface area contributed by atoms with Crippen molar-refractivity contribution in [1.29, 1.82) is 0 Å². The van der Waals surface area contributed by atoms with E-state index in [4.69, 9.17) is 4.74 Å². The van der Waals surface area contributed by atoms with Gasteiger partial charge in [0.05, 0.1) is 12.8 Å². The van der Waals surface area contributed by atoms with Crippen molar-refractivity contribution in [2.75, 3.05) is 7.11 Å². The average Bonchev–Trinajstić information content (AvgIpc) is 2.70. The lowest BCUT2D eigenvalue weighted by atomic mass is 10.1. The molecule has 1 N–H and O–H groups in total. The Morgan fingerprint density at radius 1 is 1.36 bits per heavy atom. The van der Waals surface area contributed by atoms with E-state index in [1.807, 2.05) is 0 Å². The first-order chi connectivity index (χ1) is 6.81. The molecule has 0 aliphatic carbocycles. The van der Waals surface area contributed by atoms with Crippen molar-refractivity contribution in [3.05, 3.63) is 36.3 Å². The molecule has 0 fully saturated rings. The van der Waals surface area contributed by atoms with Crippen molar-refractivity contribution in [2.45, 2.75) is 0 Å². The molecule has 4 heteroatoms. The number of nitrogens with one attached hydrogen (secondary N) is 1. The van der Waals surface area contributed by atoms with E-state index in [-0.39, 0.29) is 5.82 Å². The van der Waals surface area contributed by atoms with E-state index in [9.17, 15) is 4.39 Å². The number of aromatic amines is 1. The van der Waals surface area contributed by atoms with Crippen molar-refractivity contribution in [2.24, 2.45) is 0 Å². The van der Waals surface area contributed by atoms with Crippen LogP contribution >= 0.6 is 0 Å². The molecule has 1 heterocycles. The summed E-state index contributed by atoms with van der Waals surface area (Å²) in [5.74, 6) is 0.180. The maximum absolute atomic E-state index is 13.5. The number of rotatable bonds is 2. The highest BCUT2D eigenvalue weighted by molar-refractivity contribution is 5.60. The maximum Gasteiger partial charge on any atom is 0.136 e. The number of hydrogen-bond acceptors (Lipinski definition) is 2. The topological polar surface area (TPSA) is 37.9 Å². The summed E-state index contributed by atoms with van der Waals surface area (Å²) in [6.07, 6.45) is 1.58. The van der Waals surface area contributed by atoms with E-state index in [0.717, 1.165) is 0 Å². The Hall–Kier alpha value is -1.84. The fraction of sp³-hybridized carbons (Fsp3) is 0.100. The first-order valence-electron chi connectivity index (χ1n) is 4.14. The van der Waals surface area contributed by atoms with Gasteiger partial charge in [-0.3, -0.25) is 5.10 Å². The predicted molar refractivity (Wildman–Crippen MR) is 50.5 cm³/mol. The van der Waals surface area contributed by atoms with Gasteiger partial charge in [0.1, 0.15) is 11.6 Å². The molecule has 0 bridgehead atoms. The highest BCUT2D eigenvalue weighted by Gasteiger charge is 2.06. The van der Waals surface area contributed by atoms with Gasteiger partial charge >= 0.3 is 0 Å². The summed E-state index contributed by atoms with van der Waals surface area (Å²) in [5, 5.41) is 6.46. The quantitative estimate of drug-likeness (QED) is 0.792. The second-order valence-electron chi connectivity index (χ2n) is 2.82. The van der Waals surface area contributed by atoms with Gasteiger partial charge in [-0.15, -0.1) is 0 Å². The molecular formula is C10H9FN2O. The van der Waals surface area contributed by atoms with E-state index < -0.39 is 0 Å². The number of halogens is 1. The zero-order chi connectivity index (χ0) is 9.97. The molecule has 0 aliphatic rings. The van der Waals surface area contributed by atoms with Crippen LogP contribution in [-0.2, 0) is 0 Å². The van der Waals surface area contributed by atoms with Crippen LogP contribution in [0.25, 0.3) is 11.3 Å². The average molecular weight is 192 g/mol. The van der Waals surface area contributed by atoms with Crippen LogP contribution in [0.5, 0.6) is 5.75 Å². The van der Waals surface area contributed by atoms with Gasteiger partial charge in [0.15, 0.2) is 0 Å². The number of hydrogen-bond donors (Lipinski definition) is 1. The van der Waals surface area contributed by atoms with E-state index in [1.165, 1.54) is 13.2 Å². The summed E-state index contributed by atoms with van der Waals surface area (Å²) >= 11 is 0. The first kappa shape index (κ1) is 8.74. The third-order valence-electron chi connectivity index (χ3n) is 1.97. The molecule has 0 spiro atoms. The smallest absolute Gasteiger partial charge is 0.136 e. The van der Waals surface area contributed by atoms with Crippen LogP contribution in [-0.4, -0.2) is 17.3 Å². The van der Waals surface area contributed by atoms with Crippen molar-refractivity contribution < 1.29 is 9.13 Å². The van der Waals surface area contributed by atoms with Gasteiger partial charge in [-0.25, -0.2) is 4.39 Å². The minimum absolute atomic E-state index is 0.325. The van der Waals surface area contributed by atoms with Crippen LogP contribution in [0, 0.1) is 5.82 Å². The van der Waals surface area contributed by atoms with Crippen LogP contribution in [0.1, 0.15) is 0 Å². The van der Waals surface area contributed by atoms with E-state index >= 15 is 0 Å².